The van der Waals surface area contributed by atoms with Gasteiger partial charge < -0.3 is 0 Å². The van der Waals surface area contributed by atoms with Crippen molar-refractivity contribution < 1.29 is 4.79 Å². The minimum atomic E-state index is 0.243. The molecule has 1 aliphatic carbocycles. The van der Waals surface area contributed by atoms with E-state index in [0.29, 0.717) is 11.2 Å². The summed E-state index contributed by atoms with van der Waals surface area (Å²) in [5.41, 5.74) is 0.823. The van der Waals surface area contributed by atoms with Gasteiger partial charge in [-0.1, -0.05) is 51.5 Å². The fraction of sp³-hybridized carbons (Fsp3) is 0.786. The molecular weight excluding hydrogens is 216 g/mol. The largest absolute Gasteiger partial charge is 0.282 e. The van der Waals surface area contributed by atoms with Gasteiger partial charge in [-0.3, -0.25) is 4.79 Å². The third-order valence-corrected chi connectivity index (χ3v) is 4.45. The minimum Gasteiger partial charge on any atom is -0.282 e. The van der Waals surface area contributed by atoms with Gasteiger partial charge in [0.15, 0.2) is 0 Å². The van der Waals surface area contributed by atoms with E-state index < -0.39 is 0 Å². The summed E-state index contributed by atoms with van der Waals surface area (Å²) < 4.78 is 0. The molecule has 1 saturated carbocycles. The molecule has 0 aromatic heterocycles. The van der Waals surface area contributed by atoms with E-state index in [1.807, 2.05) is 0 Å². The summed E-state index contributed by atoms with van der Waals surface area (Å²) in [4.78, 5) is 11.9. The predicted octanol–water partition coefficient (Wildman–Crippen LogP) is 4.57. The van der Waals surface area contributed by atoms with Crippen LogP contribution in [0, 0.1) is 5.92 Å². The van der Waals surface area contributed by atoms with E-state index in [1.165, 1.54) is 32.1 Å². The van der Waals surface area contributed by atoms with Crippen molar-refractivity contribution >= 4 is 16.9 Å². The first kappa shape index (κ1) is 13.8. The summed E-state index contributed by atoms with van der Waals surface area (Å²) in [7, 11) is 0. The highest BCUT2D eigenvalue weighted by Gasteiger charge is 2.19. The molecule has 0 heterocycles. The smallest absolute Gasteiger partial charge is 0.215 e. The lowest BCUT2D eigenvalue weighted by atomic mass is 10.0. The average Bonchev–Trinajstić information content (AvgIpc) is 2.27. The molecule has 16 heavy (non-hydrogen) atoms. The first-order valence-electron chi connectivity index (χ1n) is 6.48. The zero-order valence-corrected chi connectivity index (χ0v) is 11.4. The van der Waals surface area contributed by atoms with Gasteiger partial charge in [-0.05, 0) is 37.2 Å². The van der Waals surface area contributed by atoms with Crippen molar-refractivity contribution in [2.75, 3.05) is 0 Å². The molecule has 0 aromatic rings. The van der Waals surface area contributed by atoms with Crippen LogP contribution in [-0.2, 0) is 4.79 Å². The zero-order valence-electron chi connectivity index (χ0n) is 10.6. The van der Waals surface area contributed by atoms with E-state index in [0.717, 1.165) is 18.4 Å². The minimum absolute atomic E-state index is 0.243. The molecular formula is C14H24OS. The molecule has 1 rings (SSSR count). The standard InChI is InChI=1S/C14H24OS/c1-11(2)9-10-12(3)14(15)16-13-7-5-4-6-8-13/h11,13H,3-10H2,1-2H3. The van der Waals surface area contributed by atoms with E-state index in [1.54, 1.807) is 11.8 Å². The van der Waals surface area contributed by atoms with Crippen LogP contribution < -0.4 is 0 Å². The van der Waals surface area contributed by atoms with Crippen molar-refractivity contribution in [2.24, 2.45) is 5.92 Å². The predicted molar refractivity (Wildman–Crippen MR) is 72.7 cm³/mol. The van der Waals surface area contributed by atoms with Gasteiger partial charge in [-0.25, -0.2) is 0 Å². The van der Waals surface area contributed by atoms with Crippen LogP contribution in [0.1, 0.15) is 58.8 Å². The van der Waals surface area contributed by atoms with Crippen LogP contribution in [0.25, 0.3) is 0 Å². The molecule has 0 atom stereocenters. The molecule has 0 saturated heterocycles. The van der Waals surface area contributed by atoms with Crippen LogP contribution >= 0.6 is 11.8 Å². The third kappa shape index (κ3) is 5.20. The summed E-state index contributed by atoms with van der Waals surface area (Å²) >= 11 is 1.54. The fourth-order valence-corrected chi connectivity index (χ4v) is 3.12. The lowest BCUT2D eigenvalue weighted by molar-refractivity contribution is -0.108. The van der Waals surface area contributed by atoms with Crippen molar-refractivity contribution in [3.8, 4) is 0 Å². The van der Waals surface area contributed by atoms with Gasteiger partial charge in [0.2, 0.25) is 5.12 Å². The molecule has 2 heteroatoms. The molecule has 0 aliphatic heterocycles. The van der Waals surface area contributed by atoms with Gasteiger partial charge in [0.25, 0.3) is 0 Å². The summed E-state index contributed by atoms with van der Waals surface area (Å²) in [6.07, 6.45) is 8.32. The fourth-order valence-electron chi connectivity index (χ4n) is 1.98. The molecule has 0 spiro atoms. The first-order valence-corrected chi connectivity index (χ1v) is 7.36. The Balaban J connectivity index is 2.25. The Labute approximate surface area is 104 Å². The molecule has 0 amide bonds. The van der Waals surface area contributed by atoms with Gasteiger partial charge in [0.05, 0.1) is 0 Å². The number of carbonyl (C=O) groups is 1. The Morgan fingerprint density at radius 2 is 1.94 bits per heavy atom. The Morgan fingerprint density at radius 1 is 1.31 bits per heavy atom. The van der Waals surface area contributed by atoms with E-state index >= 15 is 0 Å². The lowest BCUT2D eigenvalue weighted by Crippen LogP contribution is -2.12. The second kappa shape index (κ2) is 7.16. The monoisotopic (exact) mass is 240 g/mol. The molecule has 0 unspecified atom stereocenters. The Bertz CT molecular complexity index is 239. The molecule has 0 radical (unpaired) electrons. The Morgan fingerprint density at radius 3 is 2.50 bits per heavy atom. The van der Waals surface area contributed by atoms with Gasteiger partial charge in [0.1, 0.15) is 0 Å². The van der Waals surface area contributed by atoms with Crippen molar-refractivity contribution in [3.63, 3.8) is 0 Å². The third-order valence-electron chi connectivity index (χ3n) is 3.14. The topological polar surface area (TPSA) is 17.1 Å². The van der Waals surface area contributed by atoms with Gasteiger partial charge in [0, 0.05) is 5.25 Å². The molecule has 0 aromatic carbocycles. The van der Waals surface area contributed by atoms with Crippen LogP contribution in [0.2, 0.25) is 0 Å². The number of thioether (sulfide) groups is 1. The number of hydrogen-bond acceptors (Lipinski definition) is 2. The van der Waals surface area contributed by atoms with Crippen molar-refractivity contribution in [1.29, 1.82) is 0 Å². The van der Waals surface area contributed by atoms with E-state index in [-0.39, 0.29) is 5.12 Å². The van der Waals surface area contributed by atoms with E-state index in [2.05, 4.69) is 20.4 Å². The normalized spacial score (nSPS) is 17.7. The van der Waals surface area contributed by atoms with Gasteiger partial charge in [-0.15, -0.1) is 0 Å². The van der Waals surface area contributed by atoms with Crippen LogP contribution in [0.15, 0.2) is 12.2 Å². The maximum Gasteiger partial charge on any atom is 0.215 e. The number of carbonyl (C=O) groups excluding carboxylic acids is 1. The SMILES string of the molecule is C=C(CCC(C)C)C(=O)SC1CCCCC1. The van der Waals surface area contributed by atoms with Gasteiger partial charge >= 0.3 is 0 Å². The quantitative estimate of drug-likeness (QED) is 0.655. The average molecular weight is 240 g/mol. The highest BCUT2D eigenvalue weighted by molar-refractivity contribution is 8.14. The Hall–Kier alpha value is -0.240. The maximum atomic E-state index is 11.9. The highest BCUT2D eigenvalue weighted by atomic mass is 32.2. The van der Waals surface area contributed by atoms with Crippen molar-refractivity contribution in [1.82, 2.24) is 0 Å². The van der Waals surface area contributed by atoms with Crippen LogP contribution in [0.4, 0.5) is 0 Å². The molecule has 0 bridgehead atoms. The molecule has 1 fully saturated rings. The van der Waals surface area contributed by atoms with Crippen LogP contribution in [0.5, 0.6) is 0 Å². The summed E-state index contributed by atoms with van der Waals surface area (Å²) in [6, 6.07) is 0. The van der Waals surface area contributed by atoms with Crippen molar-refractivity contribution in [3.05, 3.63) is 12.2 Å². The number of rotatable bonds is 5. The summed E-state index contributed by atoms with van der Waals surface area (Å²) in [5, 5.41) is 0.810. The van der Waals surface area contributed by atoms with Crippen LogP contribution in [-0.4, -0.2) is 10.4 Å². The second-order valence-electron chi connectivity index (χ2n) is 5.20. The lowest BCUT2D eigenvalue weighted by Gasteiger charge is -2.20. The first-order chi connectivity index (χ1) is 7.59. The maximum absolute atomic E-state index is 11.9. The highest BCUT2D eigenvalue weighted by Crippen LogP contribution is 2.30. The van der Waals surface area contributed by atoms with E-state index in [4.69, 9.17) is 0 Å². The molecule has 1 aliphatic rings. The van der Waals surface area contributed by atoms with Crippen molar-refractivity contribution in [2.45, 2.75) is 64.0 Å². The van der Waals surface area contributed by atoms with Gasteiger partial charge in [-0.2, -0.15) is 0 Å². The van der Waals surface area contributed by atoms with Crippen LogP contribution in [0.3, 0.4) is 0 Å². The number of hydrogen-bond donors (Lipinski definition) is 0. The molecule has 92 valence electrons. The molecule has 0 N–H and O–H groups in total. The Kier molecular flexibility index (Phi) is 6.18. The molecule has 1 nitrogen and oxygen atoms in total. The summed E-state index contributed by atoms with van der Waals surface area (Å²) in [6.45, 7) is 8.29. The van der Waals surface area contributed by atoms with E-state index in [9.17, 15) is 4.79 Å². The second-order valence-corrected chi connectivity index (χ2v) is 6.47. The summed E-state index contributed by atoms with van der Waals surface area (Å²) in [5.74, 6) is 0.657. The zero-order chi connectivity index (χ0) is 12.0.